The Bertz CT molecular complexity index is 687. The largest absolute Gasteiger partial charge is 0.333 e. The van der Waals surface area contributed by atoms with Crippen LogP contribution in [-0.2, 0) is 4.79 Å². The number of carbonyl (C=O) groups is 2. The standard InChI is InChI=1S/C22H38N5O2/c1-5-7-8-9-11-15-27-18(16-26-14-12-10-13-17(26)6-2)23-20-19(27)21(28)25(4)22(29)24(20)3/h17,19H,5-16H2,1-4H3/q+1. The summed E-state index contributed by atoms with van der Waals surface area (Å²) < 4.78 is 2.18. The molecule has 2 fully saturated rings. The predicted octanol–water partition coefficient (Wildman–Crippen LogP) is 2.94. The van der Waals surface area contributed by atoms with Gasteiger partial charge >= 0.3 is 11.9 Å². The zero-order valence-electron chi connectivity index (χ0n) is 18.7. The maximum absolute atomic E-state index is 13.0. The Balaban J connectivity index is 1.83. The minimum absolute atomic E-state index is 0.152. The van der Waals surface area contributed by atoms with E-state index in [9.17, 15) is 9.59 Å². The van der Waals surface area contributed by atoms with E-state index in [4.69, 9.17) is 4.99 Å². The minimum atomic E-state index is -0.450. The second-order valence-corrected chi connectivity index (χ2v) is 8.66. The molecule has 3 aliphatic heterocycles. The number of carbonyl (C=O) groups excluding carboxylic acids is 2. The van der Waals surface area contributed by atoms with Crippen LogP contribution in [0.25, 0.3) is 0 Å². The Morgan fingerprint density at radius 1 is 1.03 bits per heavy atom. The maximum Gasteiger partial charge on any atom is 0.333 e. The van der Waals surface area contributed by atoms with Crippen LogP contribution >= 0.6 is 0 Å². The van der Waals surface area contributed by atoms with Crippen molar-refractivity contribution in [3.8, 4) is 0 Å². The molecule has 0 aliphatic carbocycles. The molecule has 2 atom stereocenters. The van der Waals surface area contributed by atoms with Gasteiger partial charge in [0.25, 0.3) is 17.8 Å². The van der Waals surface area contributed by atoms with Gasteiger partial charge in [-0.2, -0.15) is 0 Å². The molecular weight excluding hydrogens is 366 g/mol. The molecule has 0 saturated carbocycles. The van der Waals surface area contributed by atoms with E-state index >= 15 is 0 Å². The first-order valence-corrected chi connectivity index (χ1v) is 11.5. The van der Waals surface area contributed by atoms with Gasteiger partial charge in [0.1, 0.15) is 6.54 Å². The smallest absolute Gasteiger partial charge is 0.289 e. The molecule has 0 N–H and O–H groups in total. The lowest BCUT2D eigenvalue weighted by Crippen LogP contribution is -2.61. The number of likely N-dealkylation sites (N-methyl/N-ethyl adjacent to an activating group) is 2. The van der Waals surface area contributed by atoms with Crippen LogP contribution in [0.3, 0.4) is 0 Å². The monoisotopic (exact) mass is 404 g/mol. The zero-order chi connectivity index (χ0) is 21.0. The number of hydrogen-bond donors (Lipinski definition) is 0. The highest BCUT2D eigenvalue weighted by Crippen LogP contribution is 2.23. The van der Waals surface area contributed by atoms with Gasteiger partial charge in [-0.05, 0) is 43.6 Å². The molecule has 29 heavy (non-hydrogen) atoms. The van der Waals surface area contributed by atoms with Crippen LogP contribution in [0.2, 0.25) is 0 Å². The molecule has 3 heterocycles. The van der Waals surface area contributed by atoms with Crippen molar-refractivity contribution in [2.24, 2.45) is 4.99 Å². The summed E-state index contributed by atoms with van der Waals surface area (Å²) in [6.45, 7) is 7.16. The fourth-order valence-corrected chi connectivity index (χ4v) is 4.83. The van der Waals surface area contributed by atoms with Gasteiger partial charge in [-0.25, -0.2) is 9.37 Å². The van der Waals surface area contributed by atoms with Gasteiger partial charge in [-0.3, -0.25) is 19.5 Å². The van der Waals surface area contributed by atoms with Gasteiger partial charge in [0.05, 0.1) is 6.54 Å². The van der Waals surface area contributed by atoms with Gasteiger partial charge in [-0.1, -0.05) is 39.5 Å². The van der Waals surface area contributed by atoms with Crippen molar-refractivity contribution >= 4 is 23.6 Å². The molecule has 0 bridgehead atoms. The molecule has 0 spiro atoms. The van der Waals surface area contributed by atoms with Crippen LogP contribution in [0.5, 0.6) is 0 Å². The highest BCUT2D eigenvalue weighted by Gasteiger charge is 2.53. The van der Waals surface area contributed by atoms with Gasteiger partial charge in [0.15, 0.2) is 0 Å². The number of piperidine rings is 1. The van der Waals surface area contributed by atoms with Gasteiger partial charge in [0.2, 0.25) is 0 Å². The number of urea groups is 1. The number of rotatable bonds is 9. The third kappa shape index (κ3) is 4.55. The van der Waals surface area contributed by atoms with E-state index in [1.54, 1.807) is 19.0 Å². The number of aliphatic imine (C=N–C) groups is 1. The number of unbranched alkanes of at least 4 members (excludes halogenated alkanes) is 4. The molecule has 3 aliphatic rings. The van der Waals surface area contributed by atoms with Crippen LogP contribution < -0.4 is 0 Å². The molecule has 0 aromatic rings. The Morgan fingerprint density at radius 2 is 1.79 bits per heavy atom. The first kappa shape index (κ1) is 21.9. The summed E-state index contributed by atoms with van der Waals surface area (Å²) in [6.07, 6.45) is 10.8. The molecule has 0 aromatic carbocycles. The van der Waals surface area contributed by atoms with Crippen molar-refractivity contribution in [3.05, 3.63) is 0 Å². The van der Waals surface area contributed by atoms with Gasteiger partial charge in [-0.15, -0.1) is 0 Å². The normalized spacial score (nSPS) is 25.7. The molecule has 0 radical (unpaired) electrons. The summed E-state index contributed by atoms with van der Waals surface area (Å²) in [5.41, 5.74) is 0. The Kier molecular flexibility index (Phi) is 7.44. The summed E-state index contributed by atoms with van der Waals surface area (Å²) in [5.74, 6) is 1.41. The number of hydrogen-bond acceptors (Lipinski definition) is 4. The van der Waals surface area contributed by atoms with Crippen LogP contribution in [0.1, 0.15) is 71.6 Å². The van der Waals surface area contributed by atoms with Crippen molar-refractivity contribution < 1.29 is 14.2 Å². The van der Waals surface area contributed by atoms with Crippen molar-refractivity contribution in [1.82, 2.24) is 14.7 Å². The Hall–Kier alpha value is -1.76. The van der Waals surface area contributed by atoms with E-state index in [1.807, 2.05) is 0 Å². The van der Waals surface area contributed by atoms with E-state index in [2.05, 4.69) is 23.3 Å². The number of likely N-dealkylation sites (tertiary alicyclic amines) is 1. The third-order valence-electron chi connectivity index (χ3n) is 6.68. The van der Waals surface area contributed by atoms with Crippen molar-refractivity contribution in [3.63, 3.8) is 0 Å². The molecule has 3 rings (SSSR count). The Morgan fingerprint density at radius 3 is 2.52 bits per heavy atom. The molecule has 7 nitrogen and oxygen atoms in total. The van der Waals surface area contributed by atoms with Crippen LogP contribution in [0.4, 0.5) is 4.79 Å². The van der Waals surface area contributed by atoms with E-state index in [0.29, 0.717) is 11.9 Å². The maximum atomic E-state index is 13.0. The topological polar surface area (TPSA) is 59.2 Å². The number of amidine groups is 2. The van der Waals surface area contributed by atoms with Crippen molar-refractivity contribution in [2.75, 3.05) is 33.7 Å². The van der Waals surface area contributed by atoms with E-state index < -0.39 is 6.04 Å². The fourth-order valence-electron chi connectivity index (χ4n) is 4.83. The van der Waals surface area contributed by atoms with E-state index in [-0.39, 0.29) is 11.9 Å². The Labute approximate surface area is 175 Å². The lowest BCUT2D eigenvalue weighted by molar-refractivity contribution is -0.537. The van der Waals surface area contributed by atoms with Crippen molar-refractivity contribution in [1.29, 1.82) is 0 Å². The average molecular weight is 405 g/mol. The zero-order valence-corrected chi connectivity index (χ0v) is 18.7. The minimum Gasteiger partial charge on any atom is -0.289 e. The van der Waals surface area contributed by atoms with Crippen LogP contribution in [0, 0.1) is 0 Å². The average Bonchev–Trinajstić information content (AvgIpc) is 3.09. The van der Waals surface area contributed by atoms with Gasteiger partial charge < -0.3 is 0 Å². The molecule has 2 saturated heterocycles. The second kappa shape index (κ2) is 9.83. The van der Waals surface area contributed by atoms with Crippen molar-refractivity contribution in [2.45, 2.75) is 83.7 Å². The highest BCUT2D eigenvalue weighted by molar-refractivity contribution is 6.23. The first-order valence-electron chi connectivity index (χ1n) is 11.5. The number of nitrogens with zero attached hydrogens (tertiary/aromatic N) is 5. The quantitative estimate of drug-likeness (QED) is 0.438. The van der Waals surface area contributed by atoms with E-state index in [0.717, 1.165) is 38.3 Å². The first-order chi connectivity index (χ1) is 14.0. The lowest BCUT2D eigenvalue weighted by Gasteiger charge is -2.34. The summed E-state index contributed by atoms with van der Waals surface area (Å²) in [6, 6.07) is -0.157. The third-order valence-corrected chi connectivity index (χ3v) is 6.68. The molecule has 7 heteroatoms. The SMILES string of the molecule is CCCCCCC[N+]1=C(CN2CCCCC2CC)N=C2C1C(=O)N(C)C(=O)N2C. The highest BCUT2D eigenvalue weighted by atomic mass is 16.2. The number of fused-ring (bicyclic) bond motifs is 1. The number of amides is 3. The van der Waals surface area contributed by atoms with E-state index in [1.165, 1.54) is 49.8 Å². The molecule has 162 valence electrons. The summed E-state index contributed by atoms with van der Waals surface area (Å²) >= 11 is 0. The summed E-state index contributed by atoms with van der Waals surface area (Å²) in [4.78, 5) is 35.6. The predicted molar refractivity (Wildman–Crippen MR) is 116 cm³/mol. The molecule has 0 aromatic heterocycles. The fraction of sp³-hybridized carbons (Fsp3) is 0.818. The summed E-state index contributed by atoms with van der Waals surface area (Å²) in [5, 5.41) is 0. The molecule has 2 unspecified atom stereocenters. The lowest BCUT2D eigenvalue weighted by atomic mass is 10.00. The number of imide groups is 1. The second-order valence-electron chi connectivity index (χ2n) is 8.66. The van der Waals surface area contributed by atoms with Gasteiger partial charge in [0, 0.05) is 20.1 Å². The molecular formula is C22H38N5O2+. The molecule has 3 amide bonds. The van der Waals surface area contributed by atoms with Crippen LogP contribution in [0.15, 0.2) is 4.99 Å². The van der Waals surface area contributed by atoms with Crippen LogP contribution in [-0.4, -0.2) is 88.7 Å². The summed E-state index contributed by atoms with van der Waals surface area (Å²) in [7, 11) is 3.31.